The summed E-state index contributed by atoms with van der Waals surface area (Å²) in [7, 11) is 0. The summed E-state index contributed by atoms with van der Waals surface area (Å²) in [4.78, 5) is 1.37. The molecule has 2 aromatic rings. The molecule has 0 saturated heterocycles. The molecule has 0 aliphatic rings. The molecule has 0 saturated carbocycles. The van der Waals surface area contributed by atoms with Crippen LogP contribution >= 0.6 is 11.3 Å². The highest BCUT2D eigenvalue weighted by Crippen LogP contribution is 2.35. The van der Waals surface area contributed by atoms with E-state index in [0.29, 0.717) is 0 Å². The van der Waals surface area contributed by atoms with Crippen molar-refractivity contribution in [1.29, 1.82) is 0 Å². The van der Waals surface area contributed by atoms with Gasteiger partial charge >= 0.3 is 0 Å². The Balaban J connectivity index is 2.78. The molecule has 0 unspecified atom stereocenters. The van der Waals surface area contributed by atoms with Crippen molar-refractivity contribution in [3.05, 3.63) is 41.3 Å². The summed E-state index contributed by atoms with van der Waals surface area (Å²) in [5.41, 5.74) is 2.64. The van der Waals surface area contributed by atoms with Crippen LogP contribution in [-0.2, 0) is 6.42 Å². The second-order valence-electron chi connectivity index (χ2n) is 3.54. The average molecular weight is 202 g/mol. The van der Waals surface area contributed by atoms with Crippen molar-refractivity contribution in [1.82, 2.24) is 0 Å². The molecule has 0 radical (unpaired) electrons. The molecule has 1 heterocycles. The topological polar surface area (TPSA) is 0 Å². The lowest BCUT2D eigenvalue weighted by molar-refractivity contribution is 1.16. The molecule has 0 aliphatic carbocycles. The number of benzene rings is 1. The molecule has 2 rings (SSSR count). The van der Waals surface area contributed by atoms with Gasteiger partial charge in [0.1, 0.15) is 0 Å². The first-order valence-corrected chi connectivity index (χ1v) is 5.72. The third-order valence-electron chi connectivity index (χ3n) is 2.44. The number of allylic oxidation sites excluding steroid dienone is 1. The second-order valence-corrected chi connectivity index (χ2v) is 4.59. The van der Waals surface area contributed by atoms with Crippen LogP contribution in [-0.4, -0.2) is 0 Å². The first-order chi connectivity index (χ1) is 6.74. The molecule has 0 amide bonds. The van der Waals surface area contributed by atoms with E-state index in [2.05, 4.69) is 44.7 Å². The van der Waals surface area contributed by atoms with E-state index in [1.165, 1.54) is 26.1 Å². The monoisotopic (exact) mass is 202 g/mol. The molecule has 0 aliphatic heterocycles. The number of rotatable bonds is 2. The Kier molecular flexibility index (Phi) is 2.42. The van der Waals surface area contributed by atoms with E-state index in [-0.39, 0.29) is 0 Å². The summed E-state index contributed by atoms with van der Waals surface area (Å²) in [5, 5.41) is 1.40. The number of fused-ring (bicyclic) bond motifs is 1. The minimum Gasteiger partial charge on any atom is -0.135 e. The second kappa shape index (κ2) is 3.58. The summed E-state index contributed by atoms with van der Waals surface area (Å²) in [6.45, 7) is 8.34. The SMILES string of the molecule is C=C(C)c1sc2ccccc2c1CC. The Morgan fingerprint density at radius 2 is 2.07 bits per heavy atom. The lowest BCUT2D eigenvalue weighted by Gasteiger charge is -1.99. The quantitative estimate of drug-likeness (QED) is 0.672. The van der Waals surface area contributed by atoms with Gasteiger partial charge in [-0.05, 0) is 35.9 Å². The third kappa shape index (κ3) is 1.38. The molecule has 0 atom stereocenters. The Hall–Kier alpha value is -1.08. The molecule has 0 spiro atoms. The van der Waals surface area contributed by atoms with Gasteiger partial charge in [0.05, 0.1) is 0 Å². The van der Waals surface area contributed by atoms with E-state index in [1.54, 1.807) is 0 Å². The molecule has 0 N–H and O–H groups in total. The van der Waals surface area contributed by atoms with Crippen molar-refractivity contribution in [3.8, 4) is 0 Å². The Labute approximate surface area is 88.9 Å². The van der Waals surface area contributed by atoms with E-state index in [1.807, 2.05) is 11.3 Å². The van der Waals surface area contributed by atoms with Crippen LogP contribution in [0.25, 0.3) is 15.7 Å². The van der Waals surface area contributed by atoms with Gasteiger partial charge in [-0.25, -0.2) is 0 Å². The van der Waals surface area contributed by atoms with E-state index < -0.39 is 0 Å². The summed E-state index contributed by atoms with van der Waals surface area (Å²) in [6, 6.07) is 8.60. The lowest BCUT2D eigenvalue weighted by atomic mass is 10.1. The maximum Gasteiger partial charge on any atom is 0.0352 e. The van der Waals surface area contributed by atoms with Crippen molar-refractivity contribution in [2.75, 3.05) is 0 Å². The molecule has 0 bridgehead atoms. The molecular formula is C13H14S. The van der Waals surface area contributed by atoms with Crippen molar-refractivity contribution < 1.29 is 0 Å². The van der Waals surface area contributed by atoms with Gasteiger partial charge in [-0.1, -0.05) is 31.7 Å². The minimum atomic E-state index is 1.09. The highest BCUT2D eigenvalue weighted by Gasteiger charge is 2.09. The van der Waals surface area contributed by atoms with Gasteiger partial charge in [0, 0.05) is 9.58 Å². The smallest absolute Gasteiger partial charge is 0.0352 e. The van der Waals surface area contributed by atoms with Gasteiger partial charge in [0.15, 0.2) is 0 Å². The largest absolute Gasteiger partial charge is 0.135 e. The minimum absolute atomic E-state index is 1.09. The highest BCUT2D eigenvalue weighted by atomic mass is 32.1. The molecular weight excluding hydrogens is 188 g/mol. The number of thiophene rings is 1. The molecule has 72 valence electrons. The van der Waals surface area contributed by atoms with Crippen LogP contribution in [0.15, 0.2) is 30.8 Å². The fraction of sp³-hybridized carbons (Fsp3) is 0.231. The van der Waals surface area contributed by atoms with Crippen LogP contribution < -0.4 is 0 Å². The predicted molar refractivity (Wildman–Crippen MR) is 65.9 cm³/mol. The fourth-order valence-electron chi connectivity index (χ4n) is 1.79. The van der Waals surface area contributed by atoms with Crippen LogP contribution in [0.2, 0.25) is 0 Å². The lowest BCUT2D eigenvalue weighted by Crippen LogP contribution is -1.82. The highest BCUT2D eigenvalue weighted by molar-refractivity contribution is 7.20. The number of hydrogen-bond donors (Lipinski definition) is 0. The zero-order valence-electron chi connectivity index (χ0n) is 8.63. The average Bonchev–Trinajstić information content (AvgIpc) is 2.56. The van der Waals surface area contributed by atoms with Gasteiger partial charge in [0.2, 0.25) is 0 Å². The Morgan fingerprint density at radius 1 is 1.36 bits per heavy atom. The Bertz CT molecular complexity index is 477. The van der Waals surface area contributed by atoms with Crippen LogP contribution in [0.4, 0.5) is 0 Å². The number of hydrogen-bond acceptors (Lipinski definition) is 1. The summed E-state index contributed by atoms with van der Waals surface area (Å²) >= 11 is 1.86. The zero-order valence-corrected chi connectivity index (χ0v) is 9.45. The molecule has 0 fully saturated rings. The van der Waals surface area contributed by atoms with Gasteiger partial charge in [-0.2, -0.15) is 0 Å². The van der Waals surface area contributed by atoms with E-state index in [0.717, 1.165) is 6.42 Å². The summed E-state index contributed by atoms with van der Waals surface area (Å²) < 4.78 is 1.38. The molecule has 14 heavy (non-hydrogen) atoms. The zero-order chi connectivity index (χ0) is 10.1. The normalized spacial score (nSPS) is 10.7. The molecule has 1 heteroatoms. The Morgan fingerprint density at radius 3 is 2.71 bits per heavy atom. The summed E-state index contributed by atoms with van der Waals surface area (Å²) in [6.07, 6.45) is 1.09. The molecule has 1 aromatic heterocycles. The van der Waals surface area contributed by atoms with Gasteiger partial charge in [0.25, 0.3) is 0 Å². The number of aryl methyl sites for hydroxylation is 1. The van der Waals surface area contributed by atoms with Crippen molar-refractivity contribution in [2.24, 2.45) is 0 Å². The van der Waals surface area contributed by atoms with Crippen LogP contribution in [0.3, 0.4) is 0 Å². The van der Waals surface area contributed by atoms with Gasteiger partial charge in [-0.3, -0.25) is 0 Å². The van der Waals surface area contributed by atoms with E-state index in [4.69, 9.17) is 0 Å². The van der Waals surface area contributed by atoms with Crippen LogP contribution in [0.5, 0.6) is 0 Å². The predicted octanol–water partition coefficient (Wildman–Crippen LogP) is 4.50. The standard InChI is InChI=1S/C13H14S/c1-4-10-11-7-5-6-8-12(11)14-13(10)9(2)3/h5-8H,2,4H2,1,3H3. The van der Waals surface area contributed by atoms with Crippen molar-refractivity contribution >= 4 is 27.0 Å². The summed E-state index contributed by atoms with van der Waals surface area (Å²) in [5.74, 6) is 0. The van der Waals surface area contributed by atoms with Gasteiger partial charge in [-0.15, -0.1) is 11.3 Å². The first kappa shape index (κ1) is 9.47. The fourth-order valence-corrected chi connectivity index (χ4v) is 3.01. The van der Waals surface area contributed by atoms with Crippen LogP contribution in [0.1, 0.15) is 24.3 Å². The van der Waals surface area contributed by atoms with Gasteiger partial charge < -0.3 is 0 Å². The van der Waals surface area contributed by atoms with Crippen molar-refractivity contribution in [3.63, 3.8) is 0 Å². The van der Waals surface area contributed by atoms with Crippen molar-refractivity contribution in [2.45, 2.75) is 20.3 Å². The van der Waals surface area contributed by atoms with E-state index >= 15 is 0 Å². The maximum absolute atomic E-state index is 4.04. The van der Waals surface area contributed by atoms with Crippen LogP contribution in [0, 0.1) is 0 Å². The first-order valence-electron chi connectivity index (χ1n) is 4.90. The van der Waals surface area contributed by atoms with E-state index in [9.17, 15) is 0 Å². The molecule has 1 aromatic carbocycles. The third-order valence-corrected chi connectivity index (χ3v) is 3.81. The maximum atomic E-state index is 4.04. The molecule has 0 nitrogen and oxygen atoms in total.